The van der Waals surface area contributed by atoms with Crippen LogP contribution >= 0.6 is 0 Å². The lowest BCUT2D eigenvalue weighted by atomic mass is 10.0. The molecule has 4 nitrogen and oxygen atoms in total. The second-order valence-electron chi connectivity index (χ2n) is 4.85. The predicted octanol–water partition coefficient (Wildman–Crippen LogP) is 3.35. The molecule has 0 radical (unpaired) electrons. The number of hydrogen-bond acceptors (Lipinski definition) is 2. The quantitative estimate of drug-likeness (QED) is 0.882. The van der Waals surface area contributed by atoms with Crippen LogP contribution in [0.1, 0.15) is 48.2 Å². The molecule has 19 heavy (non-hydrogen) atoms. The Hall–Kier alpha value is -2.10. The molecule has 0 aliphatic rings. The van der Waals surface area contributed by atoms with Crippen LogP contribution in [0.3, 0.4) is 0 Å². The number of aromatic amines is 1. The summed E-state index contributed by atoms with van der Waals surface area (Å²) >= 11 is 0. The van der Waals surface area contributed by atoms with Crippen LogP contribution in [-0.4, -0.2) is 16.1 Å². The number of aromatic nitrogens is 2. The zero-order chi connectivity index (χ0) is 13.8. The fraction of sp³-hybridized carbons (Fsp3) is 0.333. The standard InChI is InChI=1S/C15H19N3O/c1-4-11-9-16-18-14(11)17-15(19)13-7-5-12(6-8-13)10(2)3/h5-10H,4H2,1-3H3,(H2,16,17,18,19). The Morgan fingerprint density at radius 1 is 1.32 bits per heavy atom. The lowest BCUT2D eigenvalue weighted by Crippen LogP contribution is -2.13. The lowest BCUT2D eigenvalue weighted by molar-refractivity contribution is 0.102. The van der Waals surface area contributed by atoms with Crippen LogP contribution in [-0.2, 0) is 6.42 Å². The molecule has 0 aliphatic heterocycles. The molecule has 2 aromatic rings. The van der Waals surface area contributed by atoms with Crippen LogP contribution in [0.2, 0.25) is 0 Å². The zero-order valence-electron chi connectivity index (χ0n) is 11.5. The summed E-state index contributed by atoms with van der Waals surface area (Å²) in [5.41, 5.74) is 2.89. The van der Waals surface area contributed by atoms with E-state index in [-0.39, 0.29) is 5.91 Å². The molecule has 0 saturated heterocycles. The topological polar surface area (TPSA) is 57.8 Å². The van der Waals surface area contributed by atoms with E-state index in [4.69, 9.17) is 0 Å². The molecule has 0 saturated carbocycles. The number of anilines is 1. The summed E-state index contributed by atoms with van der Waals surface area (Å²) in [6.45, 7) is 6.29. The number of aryl methyl sites for hydroxylation is 1. The maximum atomic E-state index is 12.1. The van der Waals surface area contributed by atoms with Gasteiger partial charge in [-0.1, -0.05) is 32.9 Å². The van der Waals surface area contributed by atoms with E-state index in [1.807, 2.05) is 31.2 Å². The summed E-state index contributed by atoms with van der Waals surface area (Å²) in [5.74, 6) is 1.03. The summed E-state index contributed by atoms with van der Waals surface area (Å²) in [5, 5.41) is 9.59. The first kappa shape index (κ1) is 13.3. The van der Waals surface area contributed by atoms with Crippen LogP contribution in [0, 0.1) is 0 Å². The van der Waals surface area contributed by atoms with Gasteiger partial charge in [0.2, 0.25) is 0 Å². The highest BCUT2D eigenvalue weighted by molar-refractivity contribution is 6.04. The smallest absolute Gasteiger partial charge is 0.256 e. The maximum Gasteiger partial charge on any atom is 0.256 e. The largest absolute Gasteiger partial charge is 0.307 e. The van der Waals surface area contributed by atoms with Crippen molar-refractivity contribution < 1.29 is 4.79 Å². The first-order valence-corrected chi connectivity index (χ1v) is 6.55. The van der Waals surface area contributed by atoms with E-state index in [2.05, 4.69) is 29.4 Å². The highest BCUT2D eigenvalue weighted by atomic mass is 16.1. The Balaban J connectivity index is 2.12. The summed E-state index contributed by atoms with van der Waals surface area (Å²) < 4.78 is 0. The third-order valence-corrected chi connectivity index (χ3v) is 3.18. The minimum atomic E-state index is -0.116. The van der Waals surface area contributed by atoms with E-state index in [1.54, 1.807) is 6.20 Å². The van der Waals surface area contributed by atoms with Crippen LogP contribution in [0.5, 0.6) is 0 Å². The monoisotopic (exact) mass is 257 g/mol. The fourth-order valence-corrected chi connectivity index (χ4v) is 1.89. The minimum absolute atomic E-state index is 0.116. The van der Waals surface area contributed by atoms with Crippen molar-refractivity contribution >= 4 is 11.7 Å². The first-order valence-electron chi connectivity index (χ1n) is 6.55. The normalized spacial score (nSPS) is 10.7. The highest BCUT2D eigenvalue weighted by Crippen LogP contribution is 2.16. The van der Waals surface area contributed by atoms with Gasteiger partial charge in [0, 0.05) is 11.1 Å². The molecule has 0 spiro atoms. The van der Waals surface area contributed by atoms with Crippen molar-refractivity contribution in [1.29, 1.82) is 0 Å². The first-order chi connectivity index (χ1) is 9.11. The minimum Gasteiger partial charge on any atom is -0.307 e. The van der Waals surface area contributed by atoms with E-state index in [0.29, 0.717) is 17.3 Å². The van der Waals surface area contributed by atoms with Gasteiger partial charge < -0.3 is 5.32 Å². The van der Waals surface area contributed by atoms with Gasteiger partial charge in [-0.3, -0.25) is 9.89 Å². The van der Waals surface area contributed by atoms with E-state index >= 15 is 0 Å². The van der Waals surface area contributed by atoms with Crippen LogP contribution in [0.25, 0.3) is 0 Å². The molecule has 4 heteroatoms. The Morgan fingerprint density at radius 2 is 2.00 bits per heavy atom. The van der Waals surface area contributed by atoms with E-state index in [0.717, 1.165) is 12.0 Å². The van der Waals surface area contributed by atoms with E-state index in [9.17, 15) is 4.79 Å². The van der Waals surface area contributed by atoms with Crippen LogP contribution in [0.4, 0.5) is 5.82 Å². The van der Waals surface area contributed by atoms with Gasteiger partial charge in [0.25, 0.3) is 5.91 Å². The molecule has 0 fully saturated rings. The summed E-state index contributed by atoms with van der Waals surface area (Å²) in [4.78, 5) is 12.1. The molecule has 0 aliphatic carbocycles. The van der Waals surface area contributed by atoms with Gasteiger partial charge in [-0.05, 0) is 30.0 Å². The van der Waals surface area contributed by atoms with E-state index < -0.39 is 0 Å². The van der Waals surface area contributed by atoms with Crippen molar-refractivity contribution in [2.24, 2.45) is 0 Å². The predicted molar refractivity (Wildman–Crippen MR) is 76.4 cm³/mol. The fourth-order valence-electron chi connectivity index (χ4n) is 1.89. The van der Waals surface area contributed by atoms with E-state index in [1.165, 1.54) is 5.56 Å². The zero-order valence-corrected chi connectivity index (χ0v) is 11.5. The van der Waals surface area contributed by atoms with Crippen molar-refractivity contribution in [3.05, 3.63) is 47.2 Å². The van der Waals surface area contributed by atoms with Gasteiger partial charge in [0.05, 0.1) is 6.20 Å². The molecule has 1 aromatic carbocycles. The molecular weight excluding hydrogens is 238 g/mol. The number of benzene rings is 1. The summed E-state index contributed by atoms with van der Waals surface area (Å²) in [7, 11) is 0. The van der Waals surface area contributed by atoms with Gasteiger partial charge in [-0.25, -0.2) is 0 Å². The highest BCUT2D eigenvalue weighted by Gasteiger charge is 2.10. The molecule has 1 heterocycles. The SMILES string of the molecule is CCc1cn[nH]c1NC(=O)c1ccc(C(C)C)cc1. The number of rotatable bonds is 4. The number of carbonyl (C=O) groups is 1. The Morgan fingerprint density at radius 3 is 2.58 bits per heavy atom. The van der Waals surface area contributed by atoms with Crippen LogP contribution < -0.4 is 5.32 Å². The molecular formula is C15H19N3O. The number of nitrogens with one attached hydrogen (secondary N) is 2. The average molecular weight is 257 g/mol. The third-order valence-electron chi connectivity index (χ3n) is 3.18. The average Bonchev–Trinajstić information content (AvgIpc) is 2.86. The summed E-state index contributed by atoms with van der Waals surface area (Å²) in [6.07, 6.45) is 2.57. The molecule has 2 N–H and O–H groups in total. The molecule has 0 unspecified atom stereocenters. The molecule has 0 bridgehead atoms. The molecule has 100 valence electrons. The Bertz CT molecular complexity index is 555. The van der Waals surface area contributed by atoms with Gasteiger partial charge in [-0.2, -0.15) is 5.10 Å². The van der Waals surface area contributed by atoms with Crippen molar-refractivity contribution in [1.82, 2.24) is 10.2 Å². The second-order valence-corrected chi connectivity index (χ2v) is 4.85. The van der Waals surface area contributed by atoms with Gasteiger partial charge in [0.1, 0.15) is 5.82 Å². The van der Waals surface area contributed by atoms with Crippen molar-refractivity contribution in [2.75, 3.05) is 5.32 Å². The maximum absolute atomic E-state index is 12.1. The molecule has 1 aromatic heterocycles. The van der Waals surface area contributed by atoms with Crippen molar-refractivity contribution in [2.45, 2.75) is 33.1 Å². The summed E-state index contributed by atoms with van der Waals surface area (Å²) in [6, 6.07) is 7.69. The number of hydrogen-bond donors (Lipinski definition) is 2. The number of nitrogens with zero attached hydrogens (tertiary/aromatic N) is 1. The lowest BCUT2D eigenvalue weighted by Gasteiger charge is -2.07. The number of carbonyl (C=O) groups excluding carboxylic acids is 1. The van der Waals surface area contributed by atoms with Crippen LogP contribution in [0.15, 0.2) is 30.5 Å². The Kier molecular flexibility index (Phi) is 4.00. The second kappa shape index (κ2) is 5.69. The molecule has 0 atom stereocenters. The number of amides is 1. The van der Waals surface area contributed by atoms with Gasteiger partial charge in [0.15, 0.2) is 0 Å². The third kappa shape index (κ3) is 3.02. The van der Waals surface area contributed by atoms with Gasteiger partial charge >= 0.3 is 0 Å². The van der Waals surface area contributed by atoms with Gasteiger partial charge in [-0.15, -0.1) is 0 Å². The molecule has 1 amide bonds. The Labute approximate surface area is 113 Å². The van der Waals surface area contributed by atoms with Crippen molar-refractivity contribution in [3.8, 4) is 0 Å². The number of H-pyrrole nitrogens is 1. The molecule has 2 rings (SSSR count). The van der Waals surface area contributed by atoms with Crippen molar-refractivity contribution in [3.63, 3.8) is 0 Å².